The van der Waals surface area contributed by atoms with Gasteiger partial charge in [0.15, 0.2) is 6.29 Å². The Morgan fingerprint density at radius 2 is 1.30 bits per heavy atom. The van der Waals surface area contributed by atoms with Gasteiger partial charge in [0.1, 0.15) is 30.5 Å². The number of unbranched alkanes of at least 4 members (excludes halogenated alkanes) is 12. The first-order chi connectivity index (χ1) is 22.3. The van der Waals surface area contributed by atoms with E-state index in [1.807, 2.05) is 6.08 Å². The molecule has 0 aromatic rings. The van der Waals surface area contributed by atoms with Crippen LogP contribution in [-0.2, 0) is 14.3 Å². The van der Waals surface area contributed by atoms with Gasteiger partial charge in [0.2, 0.25) is 5.91 Å². The molecule has 1 rings (SSSR count). The minimum atomic E-state index is -1.61. The van der Waals surface area contributed by atoms with Crippen molar-refractivity contribution in [1.29, 1.82) is 0 Å². The van der Waals surface area contributed by atoms with Crippen LogP contribution in [0.3, 0.4) is 0 Å². The van der Waals surface area contributed by atoms with E-state index in [2.05, 4.69) is 43.5 Å². The molecular weight excluding hydrogens is 590 g/mol. The first-order valence-electron chi connectivity index (χ1n) is 17.8. The highest BCUT2D eigenvalue weighted by Gasteiger charge is 2.44. The molecular formula is C36H65NO9. The minimum absolute atomic E-state index is 0.287. The van der Waals surface area contributed by atoms with Crippen LogP contribution < -0.4 is 5.32 Å². The summed E-state index contributed by atoms with van der Waals surface area (Å²) in [5.41, 5.74) is 0. The maximum Gasteiger partial charge on any atom is 0.249 e. The lowest BCUT2D eigenvalue weighted by molar-refractivity contribution is -0.302. The fourth-order valence-corrected chi connectivity index (χ4v) is 5.21. The quantitative estimate of drug-likeness (QED) is 0.0503. The fourth-order valence-electron chi connectivity index (χ4n) is 5.21. The van der Waals surface area contributed by atoms with Crippen molar-refractivity contribution >= 4 is 5.91 Å². The lowest BCUT2D eigenvalue weighted by atomic mass is 9.99. The van der Waals surface area contributed by atoms with Crippen molar-refractivity contribution in [3.05, 3.63) is 36.5 Å². The van der Waals surface area contributed by atoms with Crippen molar-refractivity contribution in [2.75, 3.05) is 13.2 Å². The summed E-state index contributed by atoms with van der Waals surface area (Å²) in [6.45, 7) is 3.45. The maximum atomic E-state index is 12.9. The summed E-state index contributed by atoms with van der Waals surface area (Å²) in [6, 6.07) is -0.996. The Morgan fingerprint density at radius 1 is 0.739 bits per heavy atom. The number of rotatable bonds is 27. The number of amides is 1. The molecule has 0 aromatic carbocycles. The van der Waals surface area contributed by atoms with Crippen LogP contribution >= 0.6 is 0 Å². The van der Waals surface area contributed by atoms with Crippen molar-refractivity contribution in [2.24, 2.45) is 0 Å². The van der Waals surface area contributed by atoms with E-state index in [-0.39, 0.29) is 13.0 Å². The number of hydrogen-bond donors (Lipinski definition) is 7. The van der Waals surface area contributed by atoms with E-state index in [0.29, 0.717) is 12.8 Å². The molecule has 0 saturated carbocycles. The number of ether oxygens (including phenoxy) is 2. The topological polar surface area (TPSA) is 169 Å². The van der Waals surface area contributed by atoms with E-state index >= 15 is 0 Å². The highest BCUT2D eigenvalue weighted by Crippen LogP contribution is 2.22. The fraction of sp³-hybridized carbons (Fsp3) is 0.806. The van der Waals surface area contributed by atoms with Gasteiger partial charge in [-0.2, -0.15) is 0 Å². The zero-order valence-electron chi connectivity index (χ0n) is 28.4. The first-order valence-corrected chi connectivity index (χ1v) is 17.8. The van der Waals surface area contributed by atoms with Gasteiger partial charge in [-0.15, -0.1) is 0 Å². The zero-order valence-corrected chi connectivity index (χ0v) is 28.4. The van der Waals surface area contributed by atoms with Crippen molar-refractivity contribution in [2.45, 2.75) is 172 Å². The summed E-state index contributed by atoms with van der Waals surface area (Å²) in [7, 11) is 0. The summed E-state index contributed by atoms with van der Waals surface area (Å²) >= 11 is 0. The molecule has 10 heteroatoms. The molecule has 8 atom stereocenters. The van der Waals surface area contributed by atoms with Crippen LogP contribution in [0.15, 0.2) is 36.5 Å². The molecule has 1 aliphatic rings. The number of aliphatic hydroxyl groups is 6. The Labute approximate surface area is 277 Å². The lowest BCUT2D eigenvalue weighted by Crippen LogP contribution is -2.60. The lowest BCUT2D eigenvalue weighted by Gasteiger charge is -2.40. The molecule has 1 heterocycles. The number of allylic oxidation sites excluding steroid dienone is 5. The van der Waals surface area contributed by atoms with E-state index in [9.17, 15) is 35.4 Å². The summed E-state index contributed by atoms with van der Waals surface area (Å²) < 4.78 is 11.0. The molecule has 0 spiro atoms. The molecule has 8 unspecified atom stereocenters. The van der Waals surface area contributed by atoms with Gasteiger partial charge in [0, 0.05) is 0 Å². The van der Waals surface area contributed by atoms with Gasteiger partial charge in [0.05, 0.1) is 25.4 Å². The number of hydrogen-bond acceptors (Lipinski definition) is 9. The third-order valence-corrected chi connectivity index (χ3v) is 8.29. The molecule has 1 fully saturated rings. The highest BCUT2D eigenvalue weighted by molar-refractivity contribution is 5.80. The summed E-state index contributed by atoms with van der Waals surface area (Å²) in [5, 5.41) is 64.0. The van der Waals surface area contributed by atoms with Crippen LogP contribution in [0.25, 0.3) is 0 Å². The number of carbonyl (C=O) groups is 1. The van der Waals surface area contributed by atoms with Crippen LogP contribution in [0.1, 0.15) is 123 Å². The van der Waals surface area contributed by atoms with E-state index < -0.39 is 61.5 Å². The number of carbonyl (C=O) groups excluding carboxylic acids is 1. The molecule has 46 heavy (non-hydrogen) atoms. The van der Waals surface area contributed by atoms with Gasteiger partial charge < -0.3 is 45.4 Å². The third-order valence-electron chi connectivity index (χ3n) is 8.29. The second kappa shape index (κ2) is 27.3. The molecule has 268 valence electrons. The Kier molecular flexibility index (Phi) is 25.2. The normalized spacial score (nSPS) is 24.2. The van der Waals surface area contributed by atoms with Crippen molar-refractivity contribution in [3.63, 3.8) is 0 Å². The molecule has 1 saturated heterocycles. The molecule has 0 radical (unpaired) electrons. The van der Waals surface area contributed by atoms with E-state index in [1.165, 1.54) is 44.9 Å². The van der Waals surface area contributed by atoms with Gasteiger partial charge in [-0.05, 0) is 51.4 Å². The van der Waals surface area contributed by atoms with Crippen LogP contribution in [0.5, 0.6) is 0 Å². The van der Waals surface area contributed by atoms with Crippen LogP contribution in [0.4, 0.5) is 0 Å². The molecule has 1 aliphatic heterocycles. The van der Waals surface area contributed by atoms with Gasteiger partial charge in [-0.25, -0.2) is 0 Å². The monoisotopic (exact) mass is 655 g/mol. The predicted molar refractivity (Wildman–Crippen MR) is 181 cm³/mol. The van der Waals surface area contributed by atoms with E-state index in [1.54, 1.807) is 6.08 Å². The molecule has 0 aromatic heterocycles. The second-order valence-corrected chi connectivity index (χ2v) is 12.4. The predicted octanol–water partition coefficient (Wildman–Crippen LogP) is 4.35. The van der Waals surface area contributed by atoms with Crippen LogP contribution in [0.2, 0.25) is 0 Å². The summed E-state index contributed by atoms with van der Waals surface area (Å²) in [5.74, 6) is -0.643. The molecule has 7 N–H and O–H groups in total. The first kappa shape index (κ1) is 42.4. The Hall–Kier alpha value is -1.63. The Balaban J connectivity index is 2.63. The summed E-state index contributed by atoms with van der Waals surface area (Å²) in [4.78, 5) is 12.9. The zero-order chi connectivity index (χ0) is 34.0. The van der Waals surface area contributed by atoms with Crippen molar-refractivity contribution in [3.8, 4) is 0 Å². The number of aliphatic hydroxyl groups excluding tert-OH is 6. The van der Waals surface area contributed by atoms with E-state index in [4.69, 9.17) is 9.47 Å². The van der Waals surface area contributed by atoms with E-state index in [0.717, 1.165) is 44.9 Å². The molecule has 10 nitrogen and oxygen atoms in total. The van der Waals surface area contributed by atoms with Crippen molar-refractivity contribution in [1.82, 2.24) is 5.32 Å². The third kappa shape index (κ3) is 18.6. The summed E-state index contributed by atoms with van der Waals surface area (Å²) in [6.07, 6.45) is 19.7. The van der Waals surface area contributed by atoms with Crippen LogP contribution in [0, 0.1) is 0 Å². The maximum absolute atomic E-state index is 12.9. The van der Waals surface area contributed by atoms with Gasteiger partial charge in [-0.1, -0.05) is 108 Å². The van der Waals surface area contributed by atoms with Crippen molar-refractivity contribution < 1.29 is 44.9 Å². The smallest absolute Gasteiger partial charge is 0.249 e. The molecule has 0 bridgehead atoms. The average molecular weight is 656 g/mol. The van der Waals surface area contributed by atoms with Crippen LogP contribution in [-0.4, -0.2) is 98.7 Å². The Morgan fingerprint density at radius 3 is 1.93 bits per heavy atom. The molecule has 0 aliphatic carbocycles. The second-order valence-electron chi connectivity index (χ2n) is 12.4. The highest BCUT2D eigenvalue weighted by atomic mass is 16.7. The largest absolute Gasteiger partial charge is 0.394 e. The minimum Gasteiger partial charge on any atom is -0.394 e. The number of nitrogens with one attached hydrogen (secondary N) is 1. The average Bonchev–Trinajstić information content (AvgIpc) is 3.05. The Bertz CT molecular complexity index is 834. The SMILES string of the molecule is CCCC/C=C\CCCCCCC(O)C(=O)NC(COC1OC(CO)C(O)C(O)C1O)C(O)/C=C/CC/C=C/CCCCCCC. The van der Waals surface area contributed by atoms with Gasteiger partial charge >= 0.3 is 0 Å². The van der Waals surface area contributed by atoms with Gasteiger partial charge in [0.25, 0.3) is 0 Å². The van der Waals surface area contributed by atoms with Gasteiger partial charge in [-0.3, -0.25) is 4.79 Å². The standard InChI is InChI=1S/C36H65NO9/c1-3-5-7-9-11-13-15-17-18-20-22-24-29(39)28(27-45-36-34(43)33(42)32(41)31(26-38)46-36)37-35(44)30(40)25-23-21-19-16-14-12-10-8-6-4-2/h10,12,15,17,22,24,28-34,36,38-43H,3-9,11,13-14,16,18-21,23,25-27H2,1-2H3,(H,37,44)/b12-10-,17-15+,24-22+. The molecule has 1 amide bonds.